The standard InChI is InChI=1S/C5H6N2O/c8-5-7-3-1-6-2-4-7/h1-6H. The van der Waals surface area contributed by atoms with Crippen molar-refractivity contribution >= 4 is 6.41 Å². The highest BCUT2D eigenvalue weighted by Crippen LogP contribution is 1.88. The molecule has 0 spiro atoms. The highest BCUT2D eigenvalue weighted by molar-refractivity contribution is 5.51. The van der Waals surface area contributed by atoms with Gasteiger partial charge in [-0.2, -0.15) is 0 Å². The number of nitrogens with zero attached hydrogens (tertiary/aromatic N) is 1. The minimum Gasteiger partial charge on any atom is -0.365 e. The quantitative estimate of drug-likeness (QED) is 0.481. The summed E-state index contributed by atoms with van der Waals surface area (Å²) >= 11 is 0. The second-order valence-corrected chi connectivity index (χ2v) is 1.35. The van der Waals surface area contributed by atoms with Crippen molar-refractivity contribution in [1.29, 1.82) is 0 Å². The van der Waals surface area contributed by atoms with Gasteiger partial charge in [-0.1, -0.05) is 0 Å². The van der Waals surface area contributed by atoms with Crippen LogP contribution in [0.3, 0.4) is 0 Å². The number of amides is 1. The Morgan fingerprint density at radius 3 is 2.38 bits per heavy atom. The van der Waals surface area contributed by atoms with Crippen LogP contribution in [-0.2, 0) is 4.79 Å². The van der Waals surface area contributed by atoms with E-state index in [2.05, 4.69) is 5.32 Å². The van der Waals surface area contributed by atoms with Gasteiger partial charge in [-0.25, -0.2) is 0 Å². The van der Waals surface area contributed by atoms with Gasteiger partial charge in [0.05, 0.1) is 0 Å². The third-order valence-corrected chi connectivity index (χ3v) is 0.808. The average molecular weight is 110 g/mol. The summed E-state index contributed by atoms with van der Waals surface area (Å²) in [6.07, 6.45) is 7.34. The van der Waals surface area contributed by atoms with Crippen LogP contribution in [0.2, 0.25) is 0 Å². The molecule has 42 valence electrons. The van der Waals surface area contributed by atoms with Gasteiger partial charge in [-0.3, -0.25) is 9.69 Å². The van der Waals surface area contributed by atoms with E-state index in [4.69, 9.17) is 0 Å². The molecule has 0 atom stereocenters. The van der Waals surface area contributed by atoms with E-state index in [9.17, 15) is 4.79 Å². The lowest BCUT2D eigenvalue weighted by Gasteiger charge is -2.07. The van der Waals surface area contributed by atoms with Crippen molar-refractivity contribution in [2.45, 2.75) is 0 Å². The Labute approximate surface area is 47.3 Å². The smallest absolute Gasteiger partial charge is 0.217 e. The summed E-state index contributed by atoms with van der Waals surface area (Å²) in [5.74, 6) is 0. The minimum atomic E-state index is 0.730. The topological polar surface area (TPSA) is 32.3 Å². The lowest BCUT2D eigenvalue weighted by Crippen LogP contribution is -2.12. The van der Waals surface area contributed by atoms with E-state index in [-0.39, 0.29) is 0 Å². The summed E-state index contributed by atoms with van der Waals surface area (Å²) in [5, 5.41) is 2.79. The third kappa shape index (κ3) is 0.872. The van der Waals surface area contributed by atoms with E-state index >= 15 is 0 Å². The molecule has 0 fully saturated rings. The first-order valence-corrected chi connectivity index (χ1v) is 2.25. The summed E-state index contributed by atoms with van der Waals surface area (Å²) < 4.78 is 0. The van der Waals surface area contributed by atoms with Crippen LogP contribution in [-0.4, -0.2) is 11.3 Å². The second-order valence-electron chi connectivity index (χ2n) is 1.35. The van der Waals surface area contributed by atoms with Gasteiger partial charge in [0.25, 0.3) is 0 Å². The first kappa shape index (κ1) is 4.90. The van der Waals surface area contributed by atoms with E-state index in [1.807, 2.05) is 0 Å². The lowest BCUT2D eigenvalue weighted by atomic mass is 10.6. The van der Waals surface area contributed by atoms with Crippen LogP contribution in [0.1, 0.15) is 0 Å². The molecule has 1 rings (SSSR count). The molecule has 3 heteroatoms. The Hall–Kier alpha value is -1.25. The van der Waals surface area contributed by atoms with Crippen molar-refractivity contribution < 1.29 is 4.79 Å². The second kappa shape index (κ2) is 2.16. The fourth-order valence-electron chi connectivity index (χ4n) is 0.434. The van der Waals surface area contributed by atoms with E-state index in [1.165, 1.54) is 4.90 Å². The van der Waals surface area contributed by atoms with Crippen molar-refractivity contribution in [3.05, 3.63) is 24.8 Å². The zero-order valence-electron chi connectivity index (χ0n) is 4.24. The average Bonchev–Trinajstić information content (AvgIpc) is 1.90. The largest absolute Gasteiger partial charge is 0.365 e. The number of hydrogen-bond acceptors (Lipinski definition) is 2. The molecule has 1 heterocycles. The molecule has 0 aromatic carbocycles. The summed E-state index contributed by atoms with van der Waals surface area (Å²) in [7, 11) is 0. The number of rotatable bonds is 1. The van der Waals surface area contributed by atoms with Crippen LogP contribution >= 0.6 is 0 Å². The maximum atomic E-state index is 9.96. The molecular weight excluding hydrogens is 104 g/mol. The van der Waals surface area contributed by atoms with Crippen LogP contribution in [0.25, 0.3) is 0 Å². The molecule has 0 aromatic rings. The molecule has 0 saturated carbocycles. The van der Waals surface area contributed by atoms with Crippen LogP contribution in [0.15, 0.2) is 24.8 Å². The molecule has 0 radical (unpaired) electrons. The molecule has 1 aliphatic rings. The molecule has 0 saturated heterocycles. The highest BCUT2D eigenvalue weighted by atomic mass is 16.1. The maximum Gasteiger partial charge on any atom is 0.217 e. The first-order chi connectivity index (χ1) is 3.93. The maximum absolute atomic E-state index is 9.96. The number of carbonyl (C=O) groups excluding carboxylic acids is 1. The number of nitrogens with one attached hydrogen (secondary N) is 1. The predicted molar refractivity (Wildman–Crippen MR) is 29.3 cm³/mol. The fraction of sp³-hybridized carbons (Fsp3) is 0. The molecule has 1 N–H and O–H groups in total. The number of hydrogen-bond donors (Lipinski definition) is 1. The Morgan fingerprint density at radius 1 is 1.38 bits per heavy atom. The van der Waals surface area contributed by atoms with Crippen molar-refractivity contribution in [3.8, 4) is 0 Å². The molecule has 8 heavy (non-hydrogen) atoms. The zero-order valence-corrected chi connectivity index (χ0v) is 4.24. The van der Waals surface area contributed by atoms with Crippen molar-refractivity contribution in [2.24, 2.45) is 0 Å². The van der Waals surface area contributed by atoms with Crippen molar-refractivity contribution in [2.75, 3.05) is 0 Å². The third-order valence-electron chi connectivity index (χ3n) is 0.808. The van der Waals surface area contributed by atoms with Crippen LogP contribution in [0, 0.1) is 0 Å². The van der Waals surface area contributed by atoms with E-state index in [1.54, 1.807) is 24.8 Å². The normalized spacial score (nSPS) is 15.8. The van der Waals surface area contributed by atoms with Crippen molar-refractivity contribution in [3.63, 3.8) is 0 Å². The Kier molecular flexibility index (Phi) is 1.32. The lowest BCUT2D eigenvalue weighted by molar-refractivity contribution is -0.114. The minimum absolute atomic E-state index is 0.730. The van der Waals surface area contributed by atoms with Crippen molar-refractivity contribution in [1.82, 2.24) is 10.2 Å². The van der Waals surface area contributed by atoms with Gasteiger partial charge in [0.1, 0.15) is 0 Å². The molecule has 0 aliphatic carbocycles. The van der Waals surface area contributed by atoms with E-state index in [0.717, 1.165) is 6.41 Å². The van der Waals surface area contributed by atoms with Gasteiger partial charge in [-0.05, 0) is 0 Å². The summed E-state index contributed by atoms with van der Waals surface area (Å²) in [5.41, 5.74) is 0. The Bertz CT molecular complexity index is 127. The predicted octanol–water partition coefficient (Wildman–Crippen LogP) is -0.00960. The van der Waals surface area contributed by atoms with E-state index in [0.29, 0.717) is 0 Å². The molecule has 3 nitrogen and oxygen atoms in total. The van der Waals surface area contributed by atoms with Crippen LogP contribution in [0.5, 0.6) is 0 Å². The number of carbonyl (C=O) groups is 1. The monoisotopic (exact) mass is 110 g/mol. The molecule has 1 aliphatic heterocycles. The highest BCUT2D eigenvalue weighted by Gasteiger charge is 1.89. The molecule has 0 unspecified atom stereocenters. The SMILES string of the molecule is O=CN1C=CNC=C1. The van der Waals surface area contributed by atoms with Crippen LogP contribution < -0.4 is 5.32 Å². The van der Waals surface area contributed by atoms with Gasteiger partial charge in [0.15, 0.2) is 0 Å². The van der Waals surface area contributed by atoms with Gasteiger partial charge in [-0.15, -0.1) is 0 Å². The molecule has 0 bridgehead atoms. The summed E-state index contributed by atoms with van der Waals surface area (Å²) in [4.78, 5) is 11.4. The van der Waals surface area contributed by atoms with Gasteiger partial charge in [0.2, 0.25) is 6.41 Å². The summed E-state index contributed by atoms with van der Waals surface area (Å²) in [6.45, 7) is 0. The Balaban J connectivity index is 2.54. The van der Waals surface area contributed by atoms with Gasteiger partial charge < -0.3 is 5.32 Å². The fourth-order valence-corrected chi connectivity index (χ4v) is 0.434. The zero-order chi connectivity index (χ0) is 5.82. The van der Waals surface area contributed by atoms with Gasteiger partial charge in [0, 0.05) is 24.8 Å². The summed E-state index contributed by atoms with van der Waals surface area (Å²) in [6, 6.07) is 0. The molecule has 0 aromatic heterocycles. The molecular formula is C5H6N2O. The Morgan fingerprint density at radius 2 is 2.00 bits per heavy atom. The molecule has 1 amide bonds. The first-order valence-electron chi connectivity index (χ1n) is 2.25. The van der Waals surface area contributed by atoms with Gasteiger partial charge >= 0.3 is 0 Å². The van der Waals surface area contributed by atoms with Crippen LogP contribution in [0.4, 0.5) is 0 Å². The van der Waals surface area contributed by atoms with E-state index < -0.39 is 0 Å².